The summed E-state index contributed by atoms with van der Waals surface area (Å²) < 4.78 is 25.4. The molecule has 1 aromatic carbocycles. The quantitative estimate of drug-likeness (QED) is 0.594. The fraction of sp³-hybridized carbons (Fsp3) is 0.577. The number of hydrogen-bond donors (Lipinski definition) is 1. The van der Waals surface area contributed by atoms with Crippen molar-refractivity contribution in [3.05, 3.63) is 41.0 Å². The number of aliphatic imine (C=N–C) groups is 1. The Balaban J connectivity index is 1.48. The zero-order valence-electron chi connectivity index (χ0n) is 20.5. The van der Waals surface area contributed by atoms with Crippen molar-refractivity contribution in [2.45, 2.75) is 52.4 Å². The van der Waals surface area contributed by atoms with E-state index in [0.29, 0.717) is 29.4 Å². The van der Waals surface area contributed by atoms with Crippen LogP contribution in [-0.2, 0) is 4.74 Å². The van der Waals surface area contributed by atoms with Gasteiger partial charge in [-0.3, -0.25) is 0 Å². The Hall–Kier alpha value is -2.58. The molecule has 0 amide bonds. The van der Waals surface area contributed by atoms with Crippen LogP contribution in [0.15, 0.2) is 23.2 Å². The molecule has 7 nitrogen and oxygen atoms in total. The first-order chi connectivity index (χ1) is 16.5. The number of nitrogens with two attached hydrogens (primary N) is 1. The molecular formula is C26H36FN5O2. The van der Waals surface area contributed by atoms with Crippen molar-refractivity contribution in [3.8, 4) is 5.75 Å². The molecule has 0 aliphatic carbocycles. The minimum absolute atomic E-state index is 0.250. The monoisotopic (exact) mass is 469 g/mol. The second-order valence-corrected chi connectivity index (χ2v) is 9.33. The second-order valence-electron chi connectivity index (χ2n) is 9.33. The molecule has 8 heteroatoms. The van der Waals surface area contributed by atoms with Crippen molar-refractivity contribution in [1.82, 2.24) is 15.1 Å². The highest BCUT2D eigenvalue weighted by molar-refractivity contribution is 6.05. The summed E-state index contributed by atoms with van der Waals surface area (Å²) in [6.45, 7) is 11.1. The SMILES string of the molecule is CCOc1ccc(N=C(C)c2c(C)nnc(C3CCN(CC4CCOCC4)CC3)c2N)c(F)c1. The van der Waals surface area contributed by atoms with Crippen LogP contribution in [0.4, 0.5) is 15.8 Å². The number of nitrogen functional groups attached to an aromatic ring is 1. The Morgan fingerprint density at radius 1 is 1.21 bits per heavy atom. The van der Waals surface area contributed by atoms with E-state index in [9.17, 15) is 4.39 Å². The van der Waals surface area contributed by atoms with Gasteiger partial charge >= 0.3 is 0 Å². The van der Waals surface area contributed by atoms with Gasteiger partial charge in [0, 0.05) is 43.0 Å². The van der Waals surface area contributed by atoms with Crippen LogP contribution in [0.5, 0.6) is 5.75 Å². The standard InChI is InChI=1S/C26H36FN5O2/c1-4-34-21-5-6-23(22(27)15-21)29-17(2)24-18(3)30-31-26(25(24)28)20-7-11-32(12-8-20)16-19-9-13-33-14-10-19/h5-6,15,19-20H,4,7-14,16H2,1-3H3,(H2,28,30). The summed E-state index contributed by atoms with van der Waals surface area (Å²) in [5, 5.41) is 8.89. The predicted octanol–water partition coefficient (Wildman–Crippen LogP) is 4.65. The first-order valence-electron chi connectivity index (χ1n) is 12.4. The van der Waals surface area contributed by atoms with Gasteiger partial charge in [-0.1, -0.05) is 0 Å². The van der Waals surface area contributed by atoms with Gasteiger partial charge in [-0.05, 0) is 77.6 Å². The van der Waals surface area contributed by atoms with Crippen LogP contribution < -0.4 is 10.5 Å². The summed E-state index contributed by atoms with van der Waals surface area (Å²) in [6.07, 6.45) is 4.34. The van der Waals surface area contributed by atoms with E-state index in [1.807, 2.05) is 20.8 Å². The van der Waals surface area contributed by atoms with Crippen LogP contribution >= 0.6 is 0 Å². The maximum absolute atomic E-state index is 14.6. The largest absolute Gasteiger partial charge is 0.494 e. The molecule has 2 fully saturated rings. The lowest BCUT2D eigenvalue weighted by Crippen LogP contribution is -2.38. The first-order valence-corrected chi connectivity index (χ1v) is 12.4. The minimum atomic E-state index is -0.430. The third-order valence-corrected chi connectivity index (χ3v) is 6.93. The number of ether oxygens (including phenoxy) is 2. The number of benzene rings is 1. The lowest BCUT2D eigenvalue weighted by atomic mass is 9.89. The molecule has 2 aromatic rings. The van der Waals surface area contributed by atoms with E-state index in [0.717, 1.165) is 75.7 Å². The highest BCUT2D eigenvalue weighted by Crippen LogP contribution is 2.34. The minimum Gasteiger partial charge on any atom is -0.494 e. The van der Waals surface area contributed by atoms with E-state index < -0.39 is 5.82 Å². The van der Waals surface area contributed by atoms with Gasteiger partial charge in [-0.2, -0.15) is 10.2 Å². The molecule has 0 unspecified atom stereocenters. The molecule has 1 aromatic heterocycles. The van der Waals surface area contributed by atoms with Gasteiger partial charge < -0.3 is 20.1 Å². The molecule has 2 aliphatic rings. The van der Waals surface area contributed by atoms with Gasteiger partial charge in [0.1, 0.15) is 5.75 Å². The van der Waals surface area contributed by atoms with Crippen LogP contribution in [0, 0.1) is 18.7 Å². The maximum atomic E-state index is 14.6. The molecule has 2 aliphatic heterocycles. The number of piperidine rings is 1. The van der Waals surface area contributed by atoms with Gasteiger partial charge in [0.05, 0.1) is 29.4 Å². The lowest BCUT2D eigenvalue weighted by Gasteiger charge is -2.35. The zero-order valence-corrected chi connectivity index (χ0v) is 20.5. The van der Waals surface area contributed by atoms with E-state index in [2.05, 4.69) is 20.1 Å². The fourth-order valence-electron chi connectivity index (χ4n) is 5.07. The molecule has 2 N–H and O–H groups in total. The normalized spacial score (nSPS) is 18.9. The van der Waals surface area contributed by atoms with E-state index in [1.54, 1.807) is 12.1 Å². The number of rotatable bonds is 7. The van der Waals surface area contributed by atoms with Gasteiger partial charge in [0.25, 0.3) is 0 Å². The predicted molar refractivity (Wildman–Crippen MR) is 133 cm³/mol. The molecule has 2 saturated heterocycles. The Morgan fingerprint density at radius 3 is 2.62 bits per heavy atom. The zero-order chi connectivity index (χ0) is 24.1. The van der Waals surface area contributed by atoms with Crippen LogP contribution in [0.1, 0.15) is 62.4 Å². The van der Waals surface area contributed by atoms with Crippen molar-refractivity contribution < 1.29 is 13.9 Å². The Kier molecular flexibility index (Phi) is 8.11. The summed E-state index contributed by atoms with van der Waals surface area (Å²) in [6, 6.07) is 4.70. The number of nitrogens with zero attached hydrogens (tertiary/aromatic N) is 4. The van der Waals surface area contributed by atoms with Crippen molar-refractivity contribution in [1.29, 1.82) is 0 Å². The van der Waals surface area contributed by atoms with Crippen molar-refractivity contribution >= 4 is 17.1 Å². The Morgan fingerprint density at radius 2 is 1.94 bits per heavy atom. The van der Waals surface area contributed by atoms with E-state index in [-0.39, 0.29) is 11.6 Å². The summed E-state index contributed by atoms with van der Waals surface area (Å²) in [5.74, 6) is 1.07. The number of anilines is 1. The van der Waals surface area contributed by atoms with Crippen LogP contribution in [-0.4, -0.2) is 60.3 Å². The summed E-state index contributed by atoms with van der Waals surface area (Å²) in [7, 11) is 0. The maximum Gasteiger partial charge on any atom is 0.152 e. The third-order valence-electron chi connectivity index (χ3n) is 6.93. The highest BCUT2D eigenvalue weighted by atomic mass is 19.1. The van der Waals surface area contributed by atoms with Crippen LogP contribution in [0.2, 0.25) is 0 Å². The number of aryl methyl sites for hydroxylation is 1. The molecule has 0 radical (unpaired) electrons. The first kappa shape index (κ1) is 24.5. The summed E-state index contributed by atoms with van der Waals surface area (Å²) >= 11 is 0. The van der Waals surface area contributed by atoms with Gasteiger partial charge in [-0.15, -0.1) is 0 Å². The highest BCUT2D eigenvalue weighted by Gasteiger charge is 2.27. The average molecular weight is 470 g/mol. The Bertz CT molecular complexity index is 1010. The molecular weight excluding hydrogens is 433 g/mol. The third kappa shape index (κ3) is 5.73. The van der Waals surface area contributed by atoms with E-state index >= 15 is 0 Å². The molecule has 0 saturated carbocycles. The van der Waals surface area contributed by atoms with Crippen molar-refractivity contribution in [3.63, 3.8) is 0 Å². The van der Waals surface area contributed by atoms with E-state index in [4.69, 9.17) is 15.2 Å². The molecule has 0 bridgehead atoms. The van der Waals surface area contributed by atoms with Gasteiger partial charge in [-0.25, -0.2) is 9.38 Å². The smallest absolute Gasteiger partial charge is 0.152 e. The second kappa shape index (κ2) is 11.2. The number of aromatic nitrogens is 2. The van der Waals surface area contributed by atoms with Gasteiger partial charge in [0.2, 0.25) is 0 Å². The molecule has 0 spiro atoms. The fourth-order valence-corrected chi connectivity index (χ4v) is 5.07. The lowest BCUT2D eigenvalue weighted by molar-refractivity contribution is 0.0487. The Labute approximate surface area is 201 Å². The van der Waals surface area contributed by atoms with Crippen molar-refractivity contribution in [2.24, 2.45) is 10.9 Å². The molecule has 0 atom stereocenters. The van der Waals surface area contributed by atoms with Gasteiger partial charge in [0.15, 0.2) is 5.82 Å². The summed E-state index contributed by atoms with van der Waals surface area (Å²) in [4.78, 5) is 7.10. The molecule has 4 rings (SSSR count). The van der Waals surface area contributed by atoms with Crippen LogP contribution in [0.25, 0.3) is 0 Å². The number of hydrogen-bond acceptors (Lipinski definition) is 7. The number of halogens is 1. The molecule has 3 heterocycles. The van der Waals surface area contributed by atoms with Crippen LogP contribution in [0.3, 0.4) is 0 Å². The number of likely N-dealkylation sites (tertiary alicyclic amines) is 1. The molecule has 184 valence electrons. The summed E-state index contributed by atoms with van der Waals surface area (Å²) in [5.41, 5.74) is 10.4. The average Bonchev–Trinajstić information content (AvgIpc) is 2.83. The van der Waals surface area contributed by atoms with E-state index in [1.165, 1.54) is 6.07 Å². The topological polar surface area (TPSA) is 85.9 Å². The molecule has 34 heavy (non-hydrogen) atoms. The van der Waals surface area contributed by atoms with Crippen molar-refractivity contribution in [2.75, 3.05) is 45.2 Å².